The highest BCUT2D eigenvalue weighted by Gasteiger charge is 2.22. The van der Waals surface area contributed by atoms with Crippen molar-refractivity contribution in [1.82, 2.24) is 0 Å². The van der Waals surface area contributed by atoms with Crippen molar-refractivity contribution in [2.24, 2.45) is 0 Å². The van der Waals surface area contributed by atoms with E-state index in [4.69, 9.17) is 6.42 Å². The lowest BCUT2D eigenvalue weighted by atomic mass is 9.94. The van der Waals surface area contributed by atoms with Crippen LogP contribution in [-0.4, -0.2) is 22.6 Å². The molecule has 0 spiro atoms. The van der Waals surface area contributed by atoms with Crippen LogP contribution in [0.5, 0.6) is 0 Å². The van der Waals surface area contributed by atoms with Crippen LogP contribution in [0.3, 0.4) is 0 Å². The predicted octanol–water partition coefficient (Wildman–Crippen LogP) is 3.85. The quantitative estimate of drug-likeness (QED) is 0.351. The summed E-state index contributed by atoms with van der Waals surface area (Å²) < 4.78 is 13.1. The van der Waals surface area contributed by atoms with Gasteiger partial charge in [0, 0.05) is 23.1 Å². The molecule has 4 nitrogen and oxygen atoms in total. The molecule has 0 aliphatic rings. The Balaban J connectivity index is 2.36. The molecule has 2 aromatic rings. The third kappa shape index (κ3) is 5.10. The summed E-state index contributed by atoms with van der Waals surface area (Å²) in [6.07, 6.45) is 7.19. The van der Waals surface area contributed by atoms with Crippen LogP contribution in [0.4, 0.5) is 4.39 Å². The molecule has 0 fully saturated rings. The molecule has 0 saturated carbocycles. The van der Waals surface area contributed by atoms with Gasteiger partial charge < -0.3 is 5.11 Å². The third-order valence-corrected chi connectivity index (χ3v) is 3.69. The Bertz CT molecular complexity index is 962. The smallest absolute Gasteiger partial charge is 0.336 e. The molecule has 0 heterocycles. The van der Waals surface area contributed by atoms with Gasteiger partial charge in [-0.25, -0.2) is 9.18 Å². The van der Waals surface area contributed by atoms with Gasteiger partial charge in [0.15, 0.2) is 11.6 Å². The number of carbonyl (C=O) groups is 3. The molecular weight excluding hydrogens is 347 g/mol. The van der Waals surface area contributed by atoms with Crippen LogP contribution in [-0.2, 0) is 4.79 Å². The van der Waals surface area contributed by atoms with Crippen LogP contribution >= 0.6 is 0 Å². The lowest BCUT2D eigenvalue weighted by Crippen LogP contribution is -2.13. The normalized spacial score (nSPS) is 11.6. The number of carboxylic acid groups (broad SMARTS) is 1. The summed E-state index contributed by atoms with van der Waals surface area (Å²) in [5, 5.41) is 9.49. The fourth-order valence-corrected chi connectivity index (χ4v) is 2.35. The molecular formula is C22H15FO4. The van der Waals surface area contributed by atoms with Crippen molar-refractivity contribution >= 4 is 17.5 Å². The molecule has 2 rings (SSSR count). The van der Waals surface area contributed by atoms with E-state index in [0.717, 1.165) is 24.3 Å². The lowest BCUT2D eigenvalue weighted by Gasteiger charge is -2.08. The second-order valence-corrected chi connectivity index (χ2v) is 5.48. The van der Waals surface area contributed by atoms with E-state index >= 15 is 0 Å². The SMILES string of the molecule is C#C/C=C(C(=O)c1ccc(F)cc1)\C(=C/CC(=O)c1ccccc1)C(=O)O. The number of hydrogen-bond donors (Lipinski definition) is 1. The monoisotopic (exact) mass is 362 g/mol. The van der Waals surface area contributed by atoms with Gasteiger partial charge in [-0.05, 0) is 30.3 Å². The van der Waals surface area contributed by atoms with E-state index in [1.54, 1.807) is 30.3 Å². The van der Waals surface area contributed by atoms with Crippen molar-refractivity contribution in [2.75, 3.05) is 0 Å². The highest BCUT2D eigenvalue weighted by Crippen LogP contribution is 2.19. The average molecular weight is 362 g/mol. The second-order valence-electron chi connectivity index (χ2n) is 5.48. The van der Waals surface area contributed by atoms with Crippen molar-refractivity contribution in [3.05, 3.63) is 94.8 Å². The van der Waals surface area contributed by atoms with E-state index in [-0.39, 0.29) is 28.9 Å². The Labute approximate surface area is 155 Å². The van der Waals surface area contributed by atoms with E-state index in [0.29, 0.717) is 5.56 Å². The molecule has 0 amide bonds. The van der Waals surface area contributed by atoms with Gasteiger partial charge in [-0.2, -0.15) is 0 Å². The summed E-state index contributed by atoms with van der Waals surface area (Å²) in [6, 6.07) is 13.0. The molecule has 2 aromatic carbocycles. The number of benzene rings is 2. The molecule has 0 saturated heterocycles. The molecule has 1 N–H and O–H groups in total. The summed E-state index contributed by atoms with van der Waals surface area (Å²) in [7, 11) is 0. The summed E-state index contributed by atoms with van der Waals surface area (Å²) in [4.78, 5) is 36.5. The van der Waals surface area contributed by atoms with Crippen LogP contribution in [0, 0.1) is 18.2 Å². The fourth-order valence-electron chi connectivity index (χ4n) is 2.35. The first-order chi connectivity index (χ1) is 12.9. The minimum atomic E-state index is -1.40. The first kappa shape index (κ1) is 19.5. The van der Waals surface area contributed by atoms with Gasteiger partial charge in [-0.1, -0.05) is 42.3 Å². The number of Topliss-reactive ketones (excluding diaryl/α,β-unsaturated/α-hetero) is 2. The first-order valence-corrected chi connectivity index (χ1v) is 7.92. The Kier molecular flexibility index (Phi) is 6.56. The molecule has 0 aliphatic carbocycles. The summed E-state index contributed by atoms with van der Waals surface area (Å²) in [5.74, 6) is -0.763. The largest absolute Gasteiger partial charge is 0.478 e. The van der Waals surface area contributed by atoms with Crippen molar-refractivity contribution in [1.29, 1.82) is 0 Å². The second kappa shape index (κ2) is 9.07. The Morgan fingerprint density at radius 3 is 2.15 bits per heavy atom. The van der Waals surface area contributed by atoms with Crippen molar-refractivity contribution < 1.29 is 23.9 Å². The van der Waals surface area contributed by atoms with E-state index in [1.807, 2.05) is 0 Å². The molecule has 0 radical (unpaired) electrons. The average Bonchev–Trinajstić information content (AvgIpc) is 2.67. The summed E-state index contributed by atoms with van der Waals surface area (Å²) in [5.41, 5.74) is -0.130. The summed E-state index contributed by atoms with van der Waals surface area (Å²) in [6.45, 7) is 0. The van der Waals surface area contributed by atoms with Gasteiger partial charge in [0.2, 0.25) is 0 Å². The van der Waals surface area contributed by atoms with Gasteiger partial charge in [-0.15, -0.1) is 6.42 Å². The number of rotatable bonds is 7. The minimum absolute atomic E-state index is 0.0828. The molecule has 0 aliphatic heterocycles. The number of aliphatic carboxylic acids is 1. The van der Waals surface area contributed by atoms with Gasteiger partial charge in [0.25, 0.3) is 0 Å². The predicted molar refractivity (Wildman–Crippen MR) is 98.8 cm³/mol. The number of halogens is 1. The molecule has 134 valence electrons. The van der Waals surface area contributed by atoms with Crippen LogP contribution in [0.1, 0.15) is 27.1 Å². The molecule has 0 aromatic heterocycles. The third-order valence-electron chi connectivity index (χ3n) is 3.69. The standard InChI is InChI=1S/C22H15FO4/c1-2-6-18(21(25)16-9-11-17(23)12-10-16)19(22(26)27)13-14-20(24)15-7-4-3-5-8-15/h1,3-13H,14H2,(H,26,27)/b18-6+,19-13+. The number of carbonyl (C=O) groups excluding carboxylic acids is 2. The van der Waals surface area contributed by atoms with Gasteiger partial charge >= 0.3 is 5.97 Å². The number of ketones is 2. The Hall–Kier alpha value is -3.78. The number of allylic oxidation sites excluding steroid dienone is 2. The zero-order chi connectivity index (χ0) is 19.8. The van der Waals surface area contributed by atoms with E-state index in [9.17, 15) is 23.9 Å². The van der Waals surface area contributed by atoms with E-state index < -0.39 is 17.6 Å². The molecule has 0 unspecified atom stereocenters. The van der Waals surface area contributed by atoms with Gasteiger partial charge in [-0.3, -0.25) is 9.59 Å². The minimum Gasteiger partial charge on any atom is -0.478 e. The Morgan fingerprint density at radius 2 is 1.59 bits per heavy atom. The number of hydrogen-bond acceptors (Lipinski definition) is 3. The topological polar surface area (TPSA) is 71.4 Å². The maximum Gasteiger partial charge on any atom is 0.336 e. The van der Waals surface area contributed by atoms with Crippen LogP contribution in [0.15, 0.2) is 77.9 Å². The fraction of sp³-hybridized carbons (Fsp3) is 0.0455. The molecule has 5 heteroatoms. The maximum atomic E-state index is 13.1. The zero-order valence-corrected chi connectivity index (χ0v) is 14.2. The van der Waals surface area contributed by atoms with E-state index in [2.05, 4.69) is 5.92 Å². The van der Waals surface area contributed by atoms with Crippen LogP contribution in [0.25, 0.3) is 0 Å². The highest BCUT2D eigenvalue weighted by atomic mass is 19.1. The van der Waals surface area contributed by atoms with Crippen molar-refractivity contribution in [2.45, 2.75) is 6.42 Å². The first-order valence-electron chi connectivity index (χ1n) is 7.92. The van der Waals surface area contributed by atoms with Crippen LogP contribution < -0.4 is 0 Å². The van der Waals surface area contributed by atoms with Crippen LogP contribution in [0.2, 0.25) is 0 Å². The molecule has 0 atom stereocenters. The number of terminal acetylenes is 1. The van der Waals surface area contributed by atoms with Gasteiger partial charge in [0.05, 0.1) is 5.57 Å². The van der Waals surface area contributed by atoms with Crippen molar-refractivity contribution in [3.8, 4) is 12.3 Å². The molecule has 0 bridgehead atoms. The Morgan fingerprint density at radius 1 is 0.963 bits per heavy atom. The highest BCUT2D eigenvalue weighted by molar-refractivity contribution is 6.17. The van der Waals surface area contributed by atoms with E-state index in [1.165, 1.54) is 12.1 Å². The number of carboxylic acids is 1. The van der Waals surface area contributed by atoms with Gasteiger partial charge in [0.1, 0.15) is 5.82 Å². The summed E-state index contributed by atoms with van der Waals surface area (Å²) >= 11 is 0. The lowest BCUT2D eigenvalue weighted by molar-refractivity contribution is -0.132. The maximum absolute atomic E-state index is 13.1. The van der Waals surface area contributed by atoms with Crippen molar-refractivity contribution in [3.63, 3.8) is 0 Å². The zero-order valence-electron chi connectivity index (χ0n) is 14.2. The molecule has 27 heavy (non-hydrogen) atoms.